The van der Waals surface area contributed by atoms with Gasteiger partial charge in [0.25, 0.3) is 0 Å². The number of carbonyl (C=O) groups is 1. The lowest BCUT2D eigenvalue weighted by Gasteiger charge is -2.17. The van der Waals surface area contributed by atoms with Gasteiger partial charge in [0.1, 0.15) is 11.3 Å². The first-order valence-corrected chi connectivity index (χ1v) is 9.73. The van der Waals surface area contributed by atoms with E-state index in [0.717, 1.165) is 15.7 Å². The van der Waals surface area contributed by atoms with E-state index in [0.29, 0.717) is 35.7 Å². The van der Waals surface area contributed by atoms with E-state index in [1.165, 1.54) is 15.7 Å². The summed E-state index contributed by atoms with van der Waals surface area (Å²) >= 11 is 0. The molecule has 9 heteroatoms. The number of pyridine rings is 1. The summed E-state index contributed by atoms with van der Waals surface area (Å²) in [6.07, 6.45) is 5.58. The van der Waals surface area contributed by atoms with E-state index in [1.54, 1.807) is 33.6 Å². The molecule has 0 atom stereocenters. The average Bonchev–Trinajstić information content (AvgIpc) is 3.07. The summed E-state index contributed by atoms with van der Waals surface area (Å²) in [7, 11) is 4.85. The summed E-state index contributed by atoms with van der Waals surface area (Å²) < 4.78 is 7.72. The number of carbonyl (C=O) groups excluding carboxylic acids is 1. The summed E-state index contributed by atoms with van der Waals surface area (Å²) in [6.45, 7) is 0.453. The largest absolute Gasteiger partial charge is 0.497 e. The lowest BCUT2D eigenvalue weighted by atomic mass is 10.2. The van der Waals surface area contributed by atoms with Crippen molar-refractivity contribution in [2.75, 3.05) is 20.7 Å². The van der Waals surface area contributed by atoms with Gasteiger partial charge in [0.15, 0.2) is 11.5 Å². The smallest absolute Gasteiger partial charge is 0.338 e. The second-order valence-electron chi connectivity index (χ2n) is 7.12. The number of hydrogen-bond donors (Lipinski definition) is 0. The normalized spacial score (nSPS) is 10.9. The zero-order valence-electron chi connectivity index (χ0n) is 17.5. The number of imidazole rings is 1. The van der Waals surface area contributed by atoms with Crippen LogP contribution in [0.2, 0.25) is 0 Å². The Morgan fingerprint density at radius 3 is 2.71 bits per heavy atom. The van der Waals surface area contributed by atoms with Gasteiger partial charge in [-0.05, 0) is 36.2 Å². The fourth-order valence-electron chi connectivity index (χ4n) is 3.31. The average molecular weight is 418 g/mol. The van der Waals surface area contributed by atoms with Crippen LogP contribution in [0.25, 0.3) is 22.6 Å². The number of rotatable bonds is 5. The van der Waals surface area contributed by atoms with Gasteiger partial charge >= 0.3 is 11.7 Å². The molecule has 3 aromatic heterocycles. The molecule has 31 heavy (non-hydrogen) atoms. The number of aromatic nitrogens is 5. The fraction of sp³-hybridized carbons (Fsp3) is 0.227. The van der Waals surface area contributed by atoms with Crippen molar-refractivity contribution in [3.8, 4) is 17.1 Å². The SMILES string of the molecule is COc1cccc(-c2ncc3c(n2)n(C)c(=O)n3C(=O)N(C)CCc2ccncc2)c1. The first-order chi connectivity index (χ1) is 15.0. The second-order valence-corrected chi connectivity index (χ2v) is 7.12. The molecular formula is C22H22N6O3. The van der Waals surface area contributed by atoms with Crippen LogP contribution in [0.3, 0.4) is 0 Å². The van der Waals surface area contributed by atoms with Crippen LogP contribution in [-0.4, -0.2) is 55.7 Å². The Hall–Kier alpha value is -4.01. The van der Waals surface area contributed by atoms with Crippen molar-refractivity contribution in [3.05, 3.63) is 71.0 Å². The molecule has 0 aliphatic carbocycles. The van der Waals surface area contributed by atoms with Crippen LogP contribution in [0.4, 0.5) is 4.79 Å². The predicted molar refractivity (Wildman–Crippen MR) is 116 cm³/mol. The lowest BCUT2D eigenvalue weighted by molar-refractivity contribution is 0.211. The maximum Gasteiger partial charge on any atom is 0.338 e. The van der Waals surface area contributed by atoms with Crippen molar-refractivity contribution < 1.29 is 9.53 Å². The van der Waals surface area contributed by atoms with Gasteiger partial charge in [0.05, 0.1) is 13.3 Å². The summed E-state index contributed by atoms with van der Waals surface area (Å²) in [5.41, 5.74) is 2.09. The fourth-order valence-corrected chi connectivity index (χ4v) is 3.31. The van der Waals surface area contributed by atoms with Crippen LogP contribution in [0.15, 0.2) is 59.8 Å². The maximum atomic E-state index is 13.0. The van der Waals surface area contributed by atoms with E-state index in [4.69, 9.17) is 4.74 Å². The number of fused-ring (bicyclic) bond motifs is 1. The van der Waals surface area contributed by atoms with Crippen LogP contribution in [-0.2, 0) is 13.5 Å². The summed E-state index contributed by atoms with van der Waals surface area (Å²) in [5, 5.41) is 0. The Labute approximate surface area is 178 Å². The van der Waals surface area contributed by atoms with Crippen LogP contribution in [0, 0.1) is 0 Å². The standard InChI is InChI=1S/C22H22N6O3/c1-26(12-9-15-7-10-23-11-8-15)21(29)28-18-14-24-19(25-20(18)27(2)22(28)30)16-5-4-6-17(13-16)31-3/h4-8,10-11,13-14H,9,12H2,1-3H3. The molecule has 0 saturated heterocycles. The third-order valence-electron chi connectivity index (χ3n) is 5.12. The van der Waals surface area contributed by atoms with Gasteiger partial charge in [-0.25, -0.2) is 24.1 Å². The Balaban J connectivity index is 1.66. The van der Waals surface area contributed by atoms with Gasteiger partial charge in [-0.15, -0.1) is 0 Å². The minimum atomic E-state index is -0.465. The third-order valence-corrected chi connectivity index (χ3v) is 5.12. The number of nitrogens with zero attached hydrogens (tertiary/aromatic N) is 6. The van der Waals surface area contributed by atoms with Crippen molar-refractivity contribution in [2.45, 2.75) is 6.42 Å². The number of likely N-dealkylation sites (N-methyl/N-ethyl adjacent to an activating group) is 1. The second kappa shape index (κ2) is 8.39. The van der Waals surface area contributed by atoms with E-state index >= 15 is 0 Å². The van der Waals surface area contributed by atoms with Crippen LogP contribution >= 0.6 is 0 Å². The molecule has 4 aromatic rings. The number of aryl methyl sites for hydroxylation is 1. The highest BCUT2D eigenvalue weighted by Gasteiger charge is 2.21. The lowest BCUT2D eigenvalue weighted by Crippen LogP contribution is -2.38. The zero-order valence-corrected chi connectivity index (χ0v) is 17.5. The highest BCUT2D eigenvalue weighted by atomic mass is 16.5. The van der Waals surface area contributed by atoms with Gasteiger partial charge in [0, 0.05) is 38.6 Å². The molecule has 1 aromatic carbocycles. The minimum Gasteiger partial charge on any atom is -0.497 e. The van der Waals surface area contributed by atoms with E-state index in [-0.39, 0.29) is 0 Å². The molecule has 0 saturated carbocycles. The minimum absolute atomic E-state index is 0.361. The van der Waals surface area contributed by atoms with Gasteiger partial charge in [-0.1, -0.05) is 12.1 Å². The maximum absolute atomic E-state index is 13.0. The number of benzene rings is 1. The first kappa shape index (κ1) is 20.3. The summed E-state index contributed by atoms with van der Waals surface area (Å²) in [6, 6.07) is 10.7. The predicted octanol–water partition coefficient (Wildman–Crippen LogP) is 2.34. The Bertz CT molecular complexity index is 1300. The quantitative estimate of drug-likeness (QED) is 0.494. The highest BCUT2D eigenvalue weighted by molar-refractivity contribution is 5.88. The van der Waals surface area contributed by atoms with E-state index in [9.17, 15) is 9.59 Å². The van der Waals surface area contributed by atoms with Crippen molar-refractivity contribution in [1.82, 2.24) is 29.0 Å². The van der Waals surface area contributed by atoms with E-state index in [2.05, 4.69) is 15.0 Å². The van der Waals surface area contributed by atoms with Crippen LogP contribution in [0.5, 0.6) is 5.75 Å². The van der Waals surface area contributed by atoms with Crippen molar-refractivity contribution in [3.63, 3.8) is 0 Å². The zero-order chi connectivity index (χ0) is 22.0. The molecule has 0 spiro atoms. The van der Waals surface area contributed by atoms with Gasteiger partial charge in [-0.3, -0.25) is 9.55 Å². The molecule has 0 fully saturated rings. The molecule has 0 bridgehead atoms. The monoisotopic (exact) mass is 418 g/mol. The molecule has 158 valence electrons. The van der Waals surface area contributed by atoms with Gasteiger partial charge in [0.2, 0.25) is 0 Å². The third kappa shape index (κ3) is 3.89. The molecule has 9 nitrogen and oxygen atoms in total. The summed E-state index contributed by atoms with van der Waals surface area (Å²) in [5.74, 6) is 1.12. The molecule has 0 unspecified atom stereocenters. The molecular weight excluding hydrogens is 396 g/mol. The topological polar surface area (TPSA) is 95.1 Å². The Kier molecular flexibility index (Phi) is 5.48. The van der Waals surface area contributed by atoms with Gasteiger partial charge in [-0.2, -0.15) is 0 Å². The van der Waals surface area contributed by atoms with Crippen LogP contribution in [0.1, 0.15) is 5.56 Å². The number of methoxy groups -OCH3 is 1. The van der Waals surface area contributed by atoms with E-state index in [1.807, 2.05) is 36.4 Å². The van der Waals surface area contributed by atoms with Crippen molar-refractivity contribution in [1.29, 1.82) is 0 Å². The van der Waals surface area contributed by atoms with Crippen molar-refractivity contribution in [2.24, 2.45) is 7.05 Å². The molecule has 0 aliphatic rings. The highest BCUT2D eigenvalue weighted by Crippen LogP contribution is 2.22. The Morgan fingerprint density at radius 1 is 1.19 bits per heavy atom. The molecule has 4 rings (SSSR count). The number of hydrogen-bond acceptors (Lipinski definition) is 6. The molecule has 0 aliphatic heterocycles. The molecule has 0 radical (unpaired) electrons. The van der Waals surface area contributed by atoms with Crippen molar-refractivity contribution >= 4 is 17.2 Å². The number of amides is 1. The molecule has 1 amide bonds. The van der Waals surface area contributed by atoms with Crippen LogP contribution < -0.4 is 10.4 Å². The molecule has 0 N–H and O–H groups in total. The first-order valence-electron chi connectivity index (χ1n) is 9.73. The van der Waals surface area contributed by atoms with E-state index < -0.39 is 11.7 Å². The summed E-state index contributed by atoms with van der Waals surface area (Å²) in [4.78, 5) is 40.3. The Morgan fingerprint density at radius 2 is 1.97 bits per heavy atom. The van der Waals surface area contributed by atoms with Gasteiger partial charge < -0.3 is 9.64 Å². The number of ether oxygens (including phenoxy) is 1. The molecule has 3 heterocycles.